The average Bonchev–Trinajstić information content (AvgIpc) is 2.93. The average molecular weight is 254 g/mol. The lowest BCUT2D eigenvalue weighted by molar-refractivity contribution is 0.301. The standard InChI is InChI=1S/C16H18N2O/c17-9-12-4-6-15(18-10-12)11-19-16-7-5-13-2-1-3-14(13)8-16/h4-8,10H,1-3,9,11,17H2. The number of nitrogens with two attached hydrogens (primary N) is 1. The Balaban J connectivity index is 1.65. The number of benzene rings is 1. The van der Waals surface area contributed by atoms with Gasteiger partial charge in [0.1, 0.15) is 12.4 Å². The minimum atomic E-state index is 0.504. The van der Waals surface area contributed by atoms with Gasteiger partial charge in [0, 0.05) is 12.7 Å². The second-order valence-electron chi connectivity index (χ2n) is 4.93. The van der Waals surface area contributed by atoms with Gasteiger partial charge in [0.15, 0.2) is 0 Å². The monoisotopic (exact) mass is 254 g/mol. The van der Waals surface area contributed by atoms with Crippen molar-refractivity contribution < 1.29 is 4.74 Å². The van der Waals surface area contributed by atoms with Crippen LogP contribution in [0.25, 0.3) is 0 Å². The normalized spacial score (nSPS) is 13.3. The van der Waals surface area contributed by atoms with E-state index in [1.54, 1.807) is 6.20 Å². The summed E-state index contributed by atoms with van der Waals surface area (Å²) >= 11 is 0. The van der Waals surface area contributed by atoms with E-state index in [1.165, 1.54) is 30.4 Å². The topological polar surface area (TPSA) is 48.1 Å². The summed E-state index contributed by atoms with van der Waals surface area (Å²) in [6.45, 7) is 1.03. The van der Waals surface area contributed by atoms with Crippen molar-refractivity contribution in [1.82, 2.24) is 4.98 Å². The van der Waals surface area contributed by atoms with Crippen LogP contribution >= 0.6 is 0 Å². The number of aryl methyl sites for hydroxylation is 2. The lowest BCUT2D eigenvalue weighted by atomic mass is 10.1. The third-order valence-corrected chi connectivity index (χ3v) is 3.58. The van der Waals surface area contributed by atoms with Crippen LogP contribution in [0.2, 0.25) is 0 Å². The van der Waals surface area contributed by atoms with E-state index in [1.807, 2.05) is 12.1 Å². The second kappa shape index (κ2) is 5.41. The summed E-state index contributed by atoms with van der Waals surface area (Å²) in [5.74, 6) is 0.936. The minimum absolute atomic E-state index is 0.504. The molecule has 1 aliphatic rings. The van der Waals surface area contributed by atoms with Gasteiger partial charge < -0.3 is 10.5 Å². The number of aromatic nitrogens is 1. The molecule has 2 aromatic rings. The first-order valence-corrected chi connectivity index (χ1v) is 6.73. The molecule has 0 unspecified atom stereocenters. The van der Waals surface area contributed by atoms with Crippen molar-refractivity contribution in [3.05, 3.63) is 58.9 Å². The summed E-state index contributed by atoms with van der Waals surface area (Å²) in [7, 11) is 0. The Kier molecular flexibility index (Phi) is 3.47. The summed E-state index contributed by atoms with van der Waals surface area (Å²) < 4.78 is 5.80. The van der Waals surface area contributed by atoms with Gasteiger partial charge in [-0.05, 0) is 54.2 Å². The summed E-state index contributed by atoms with van der Waals surface area (Å²) in [6, 6.07) is 10.4. The van der Waals surface area contributed by atoms with Crippen LogP contribution in [0, 0.1) is 0 Å². The van der Waals surface area contributed by atoms with Crippen LogP contribution in [0.3, 0.4) is 0 Å². The van der Waals surface area contributed by atoms with Crippen molar-refractivity contribution >= 4 is 0 Å². The van der Waals surface area contributed by atoms with Crippen molar-refractivity contribution in [3.8, 4) is 5.75 Å². The second-order valence-corrected chi connectivity index (χ2v) is 4.93. The largest absolute Gasteiger partial charge is 0.487 e. The van der Waals surface area contributed by atoms with Crippen LogP contribution < -0.4 is 10.5 Å². The molecule has 0 atom stereocenters. The van der Waals surface area contributed by atoms with E-state index in [2.05, 4.69) is 23.2 Å². The van der Waals surface area contributed by atoms with Crippen LogP contribution in [0.4, 0.5) is 0 Å². The SMILES string of the molecule is NCc1ccc(COc2ccc3c(c2)CCC3)nc1. The van der Waals surface area contributed by atoms with Gasteiger partial charge in [0.25, 0.3) is 0 Å². The Hall–Kier alpha value is -1.87. The molecule has 1 aromatic heterocycles. The molecule has 98 valence electrons. The van der Waals surface area contributed by atoms with E-state index < -0.39 is 0 Å². The van der Waals surface area contributed by atoms with Crippen molar-refractivity contribution in [2.75, 3.05) is 0 Å². The quantitative estimate of drug-likeness (QED) is 0.912. The number of hydrogen-bond donors (Lipinski definition) is 1. The molecule has 19 heavy (non-hydrogen) atoms. The highest BCUT2D eigenvalue weighted by Gasteiger charge is 2.11. The molecule has 0 spiro atoms. The molecule has 0 amide bonds. The minimum Gasteiger partial charge on any atom is -0.487 e. The summed E-state index contributed by atoms with van der Waals surface area (Å²) in [5, 5.41) is 0. The molecule has 1 heterocycles. The Morgan fingerprint density at radius 1 is 1.11 bits per heavy atom. The molecule has 0 saturated heterocycles. The molecule has 0 aliphatic heterocycles. The highest BCUT2D eigenvalue weighted by atomic mass is 16.5. The number of rotatable bonds is 4. The maximum absolute atomic E-state index is 5.80. The summed E-state index contributed by atoms with van der Waals surface area (Å²) in [5.41, 5.74) is 10.4. The zero-order chi connectivity index (χ0) is 13.1. The fourth-order valence-electron chi connectivity index (χ4n) is 2.46. The summed E-state index contributed by atoms with van der Waals surface area (Å²) in [4.78, 5) is 4.33. The maximum Gasteiger partial charge on any atom is 0.130 e. The van der Waals surface area contributed by atoms with Crippen LogP contribution in [-0.4, -0.2) is 4.98 Å². The van der Waals surface area contributed by atoms with Crippen LogP contribution in [-0.2, 0) is 26.0 Å². The van der Waals surface area contributed by atoms with Gasteiger partial charge in [-0.25, -0.2) is 0 Å². The highest BCUT2D eigenvalue weighted by molar-refractivity contribution is 5.38. The van der Waals surface area contributed by atoms with Gasteiger partial charge in [0.2, 0.25) is 0 Å². The number of ether oxygens (including phenoxy) is 1. The first-order chi connectivity index (χ1) is 9.35. The van der Waals surface area contributed by atoms with Gasteiger partial charge in [-0.2, -0.15) is 0 Å². The third kappa shape index (κ3) is 2.76. The van der Waals surface area contributed by atoms with Crippen LogP contribution in [0.1, 0.15) is 28.8 Å². The molecular formula is C16H18N2O. The number of pyridine rings is 1. The predicted molar refractivity (Wildman–Crippen MR) is 74.9 cm³/mol. The Labute approximate surface area is 113 Å². The highest BCUT2D eigenvalue weighted by Crippen LogP contribution is 2.26. The fraction of sp³-hybridized carbons (Fsp3) is 0.312. The van der Waals surface area contributed by atoms with Crippen molar-refractivity contribution in [3.63, 3.8) is 0 Å². The van der Waals surface area contributed by atoms with Gasteiger partial charge in [-0.1, -0.05) is 12.1 Å². The lowest BCUT2D eigenvalue weighted by Gasteiger charge is -2.08. The van der Waals surface area contributed by atoms with Crippen LogP contribution in [0.5, 0.6) is 5.75 Å². The summed E-state index contributed by atoms with van der Waals surface area (Å²) in [6.07, 6.45) is 5.45. The number of nitrogens with zero attached hydrogens (tertiary/aromatic N) is 1. The zero-order valence-corrected chi connectivity index (χ0v) is 10.9. The maximum atomic E-state index is 5.80. The van der Waals surface area contributed by atoms with Gasteiger partial charge in [0.05, 0.1) is 5.69 Å². The Morgan fingerprint density at radius 3 is 2.79 bits per heavy atom. The van der Waals surface area contributed by atoms with E-state index in [0.29, 0.717) is 13.2 Å². The van der Waals surface area contributed by atoms with Crippen molar-refractivity contribution in [2.45, 2.75) is 32.4 Å². The zero-order valence-electron chi connectivity index (χ0n) is 10.9. The van der Waals surface area contributed by atoms with E-state index in [0.717, 1.165) is 17.0 Å². The van der Waals surface area contributed by atoms with E-state index >= 15 is 0 Å². The van der Waals surface area contributed by atoms with Gasteiger partial charge >= 0.3 is 0 Å². The van der Waals surface area contributed by atoms with E-state index in [4.69, 9.17) is 10.5 Å². The van der Waals surface area contributed by atoms with E-state index in [-0.39, 0.29) is 0 Å². The molecular weight excluding hydrogens is 236 g/mol. The Morgan fingerprint density at radius 2 is 2.00 bits per heavy atom. The molecule has 0 fully saturated rings. The molecule has 0 bridgehead atoms. The molecule has 0 saturated carbocycles. The number of fused-ring (bicyclic) bond motifs is 1. The van der Waals surface area contributed by atoms with Gasteiger partial charge in [-0.15, -0.1) is 0 Å². The molecule has 0 radical (unpaired) electrons. The molecule has 3 nitrogen and oxygen atoms in total. The van der Waals surface area contributed by atoms with Crippen molar-refractivity contribution in [2.24, 2.45) is 5.73 Å². The smallest absolute Gasteiger partial charge is 0.130 e. The first-order valence-electron chi connectivity index (χ1n) is 6.73. The Bertz CT molecular complexity index is 563. The van der Waals surface area contributed by atoms with Crippen molar-refractivity contribution in [1.29, 1.82) is 0 Å². The number of hydrogen-bond acceptors (Lipinski definition) is 3. The molecule has 1 aliphatic carbocycles. The third-order valence-electron chi connectivity index (χ3n) is 3.58. The fourth-order valence-corrected chi connectivity index (χ4v) is 2.46. The molecule has 1 aromatic carbocycles. The van der Waals surface area contributed by atoms with Crippen LogP contribution in [0.15, 0.2) is 36.5 Å². The molecule has 2 N–H and O–H groups in total. The predicted octanol–water partition coefficient (Wildman–Crippen LogP) is 2.61. The molecule has 3 rings (SSSR count). The van der Waals surface area contributed by atoms with E-state index in [9.17, 15) is 0 Å². The first kappa shape index (κ1) is 12.2. The lowest BCUT2D eigenvalue weighted by Crippen LogP contribution is -2.01. The van der Waals surface area contributed by atoms with Gasteiger partial charge in [-0.3, -0.25) is 4.98 Å². The molecule has 3 heteroatoms.